The maximum atomic E-state index is 5.82. The van der Waals surface area contributed by atoms with Crippen molar-refractivity contribution < 1.29 is 4.74 Å². The maximum absolute atomic E-state index is 5.82. The predicted molar refractivity (Wildman–Crippen MR) is 75.7 cm³/mol. The van der Waals surface area contributed by atoms with E-state index in [0.29, 0.717) is 12.1 Å². The first-order valence-corrected chi connectivity index (χ1v) is 8.52. The molecule has 100 valence electrons. The van der Waals surface area contributed by atoms with Gasteiger partial charge in [-0.1, -0.05) is 19.8 Å². The molecule has 1 aliphatic carbocycles. The van der Waals surface area contributed by atoms with Crippen LogP contribution in [0.1, 0.15) is 51.9 Å². The van der Waals surface area contributed by atoms with E-state index in [0.717, 1.165) is 17.9 Å². The van der Waals surface area contributed by atoms with Gasteiger partial charge in [0.05, 0.1) is 6.10 Å². The Hall–Kier alpha value is 0.270. The number of rotatable bonds is 5. The number of ether oxygens (including phenoxy) is 1. The Labute approximate surface area is 110 Å². The molecule has 2 aliphatic rings. The summed E-state index contributed by atoms with van der Waals surface area (Å²) in [5.74, 6) is 0. The van der Waals surface area contributed by atoms with Crippen LogP contribution in [0.4, 0.5) is 0 Å². The van der Waals surface area contributed by atoms with Crippen LogP contribution in [0.25, 0.3) is 0 Å². The Balaban J connectivity index is 1.77. The van der Waals surface area contributed by atoms with Crippen LogP contribution in [0.15, 0.2) is 0 Å². The van der Waals surface area contributed by atoms with Crippen LogP contribution < -0.4 is 5.32 Å². The van der Waals surface area contributed by atoms with E-state index < -0.39 is 0 Å². The van der Waals surface area contributed by atoms with Crippen molar-refractivity contribution >= 4 is 11.8 Å². The fourth-order valence-electron chi connectivity index (χ4n) is 3.26. The van der Waals surface area contributed by atoms with Crippen molar-refractivity contribution in [1.29, 1.82) is 0 Å². The van der Waals surface area contributed by atoms with Crippen molar-refractivity contribution in [3.8, 4) is 0 Å². The fourth-order valence-corrected chi connectivity index (χ4v) is 4.20. The summed E-state index contributed by atoms with van der Waals surface area (Å²) in [5.41, 5.74) is 0. The smallest absolute Gasteiger partial charge is 0.0589 e. The predicted octanol–water partition coefficient (Wildman–Crippen LogP) is 3.21. The third-order valence-corrected chi connectivity index (χ3v) is 5.35. The van der Waals surface area contributed by atoms with E-state index in [9.17, 15) is 0 Å². The lowest BCUT2D eigenvalue weighted by molar-refractivity contribution is -0.00478. The van der Waals surface area contributed by atoms with Gasteiger partial charge in [-0.15, -0.1) is 0 Å². The van der Waals surface area contributed by atoms with Gasteiger partial charge in [0, 0.05) is 23.9 Å². The molecule has 0 bridgehead atoms. The molecule has 2 nitrogen and oxygen atoms in total. The normalized spacial score (nSPS) is 38.5. The minimum absolute atomic E-state index is 0.514. The van der Waals surface area contributed by atoms with Crippen LogP contribution in [0.5, 0.6) is 0 Å². The van der Waals surface area contributed by atoms with Crippen molar-refractivity contribution in [3.63, 3.8) is 0 Å². The first kappa shape index (κ1) is 13.7. The summed E-state index contributed by atoms with van der Waals surface area (Å²) in [6, 6.07) is 1.47. The van der Waals surface area contributed by atoms with Gasteiger partial charge in [0.2, 0.25) is 0 Å². The Morgan fingerprint density at radius 2 is 2.18 bits per heavy atom. The van der Waals surface area contributed by atoms with E-state index in [-0.39, 0.29) is 0 Å². The summed E-state index contributed by atoms with van der Waals surface area (Å²) in [6.07, 6.45) is 11.9. The fraction of sp³-hybridized carbons (Fsp3) is 1.00. The highest BCUT2D eigenvalue weighted by Crippen LogP contribution is 2.30. The lowest BCUT2D eigenvalue weighted by Crippen LogP contribution is -2.46. The second-order valence-corrected chi connectivity index (χ2v) is 6.56. The number of nitrogens with one attached hydrogen (secondary N) is 1. The molecule has 1 saturated heterocycles. The van der Waals surface area contributed by atoms with Crippen molar-refractivity contribution in [2.45, 2.75) is 75.3 Å². The molecule has 0 aromatic rings. The van der Waals surface area contributed by atoms with E-state index >= 15 is 0 Å². The quantitative estimate of drug-likeness (QED) is 0.817. The molecule has 0 spiro atoms. The van der Waals surface area contributed by atoms with Gasteiger partial charge >= 0.3 is 0 Å². The standard InChI is InChI=1S/C14H27NOS/c1-3-5-12-10-11(8-9-16-12)15-13-6-4-7-14(13)17-2/h11-15H,3-10H2,1-2H3. The summed E-state index contributed by atoms with van der Waals surface area (Å²) >= 11 is 2.05. The van der Waals surface area contributed by atoms with Gasteiger partial charge in [-0.05, 0) is 38.4 Å². The van der Waals surface area contributed by atoms with Crippen molar-refractivity contribution in [2.75, 3.05) is 12.9 Å². The molecule has 1 N–H and O–H groups in total. The molecule has 0 aromatic heterocycles. The van der Waals surface area contributed by atoms with Gasteiger partial charge in [-0.2, -0.15) is 11.8 Å². The molecule has 2 fully saturated rings. The highest BCUT2D eigenvalue weighted by Gasteiger charge is 2.30. The van der Waals surface area contributed by atoms with Crippen LogP contribution in [0.2, 0.25) is 0 Å². The second-order valence-electron chi connectivity index (χ2n) is 5.48. The van der Waals surface area contributed by atoms with Gasteiger partial charge in [-0.25, -0.2) is 0 Å². The van der Waals surface area contributed by atoms with Crippen molar-refractivity contribution in [3.05, 3.63) is 0 Å². The van der Waals surface area contributed by atoms with Gasteiger partial charge in [0.15, 0.2) is 0 Å². The minimum atomic E-state index is 0.514. The molecule has 4 unspecified atom stereocenters. The molecule has 3 heteroatoms. The Kier molecular flexibility index (Phi) is 5.64. The minimum Gasteiger partial charge on any atom is -0.378 e. The average molecular weight is 257 g/mol. The lowest BCUT2D eigenvalue weighted by Gasteiger charge is -2.33. The molecule has 0 radical (unpaired) electrons. The van der Waals surface area contributed by atoms with Crippen LogP contribution >= 0.6 is 11.8 Å². The zero-order valence-corrected chi connectivity index (χ0v) is 12.1. The first-order valence-electron chi connectivity index (χ1n) is 7.24. The molecule has 1 saturated carbocycles. The summed E-state index contributed by atoms with van der Waals surface area (Å²) in [5, 5.41) is 4.76. The van der Waals surface area contributed by atoms with E-state index in [4.69, 9.17) is 4.74 Å². The highest BCUT2D eigenvalue weighted by molar-refractivity contribution is 7.99. The largest absolute Gasteiger partial charge is 0.378 e. The van der Waals surface area contributed by atoms with Gasteiger partial charge in [-0.3, -0.25) is 0 Å². The molecular weight excluding hydrogens is 230 g/mol. The van der Waals surface area contributed by atoms with Gasteiger partial charge in [0.25, 0.3) is 0 Å². The molecule has 17 heavy (non-hydrogen) atoms. The molecule has 1 heterocycles. The third kappa shape index (κ3) is 3.87. The topological polar surface area (TPSA) is 21.3 Å². The molecule has 1 aliphatic heterocycles. The molecule has 0 aromatic carbocycles. The Bertz CT molecular complexity index is 222. The summed E-state index contributed by atoms with van der Waals surface area (Å²) < 4.78 is 5.82. The maximum Gasteiger partial charge on any atom is 0.0589 e. The second kappa shape index (κ2) is 7.01. The van der Waals surface area contributed by atoms with Gasteiger partial charge in [0.1, 0.15) is 0 Å². The first-order chi connectivity index (χ1) is 8.33. The average Bonchev–Trinajstić information content (AvgIpc) is 2.77. The number of hydrogen-bond acceptors (Lipinski definition) is 3. The van der Waals surface area contributed by atoms with Crippen LogP contribution in [0, 0.1) is 0 Å². The Morgan fingerprint density at radius 1 is 1.29 bits per heavy atom. The molecule has 4 atom stereocenters. The molecule has 2 rings (SSSR count). The zero-order valence-electron chi connectivity index (χ0n) is 11.3. The summed E-state index contributed by atoms with van der Waals surface area (Å²) in [6.45, 7) is 3.21. The van der Waals surface area contributed by atoms with Crippen LogP contribution in [-0.4, -0.2) is 36.3 Å². The number of thioether (sulfide) groups is 1. The van der Waals surface area contributed by atoms with Gasteiger partial charge < -0.3 is 10.1 Å². The number of hydrogen-bond donors (Lipinski definition) is 1. The van der Waals surface area contributed by atoms with Crippen LogP contribution in [-0.2, 0) is 4.74 Å². The van der Waals surface area contributed by atoms with Crippen LogP contribution in [0.3, 0.4) is 0 Å². The van der Waals surface area contributed by atoms with Crippen molar-refractivity contribution in [1.82, 2.24) is 5.32 Å². The van der Waals surface area contributed by atoms with E-state index in [1.807, 2.05) is 11.8 Å². The third-order valence-electron chi connectivity index (χ3n) is 4.18. The lowest BCUT2D eigenvalue weighted by atomic mass is 9.99. The van der Waals surface area contributed by atoms with E-state index in [1.54, 1.807) is 0 Å². The highest BCUT2D eigenvalue weighted by atomic mass is 32.2. The summed E-state index contributed by atoms with van der Waals surface area (Å²) in [4.78, 5) is 0. The van der Waals surface area contributed by atoms with Crippen molar-refractivity contribution in [2.24, 2.45) is 0 Å². The summed E-state index contributed by atoms with van der Waals surface area (Å²) in [7, 11) is 0. The Morgan fingerprint density at radius 3 is 2.94 bits per heavy atom. The van der Waals surface area contributed by atoms with E-state index in [2.05, 4.69) is 18.5 Å². The molecular formula is C14H27NOS. The van der Waals surface area contributed by atoms with E-state index in [1.165, 1.54) is 44.9 Å². The zero-order chi connectivity index (χ0) is 12.1. The SMILES string of the molecule is CCCC1CC(NC2CCCC2SC)CCO1. The monoisotopic (exact) mass is 257 g/mol. The molecule has 0 amide bonds.